The summed E-state index contributed by atoms with van der Waals surface area (Å²) >= 11 is 0. The van der Waals surface area contributed by atoms with E-state index < -0.39 is 0 Å². The van der Waals surface area contributed by atoms with Crippen LogP contribution in [0.3, 0.4) is 0 Å². The van der Waals surface area contributed by atoms with Crippen molar-refractivity contribution in [3.05, 3.63) is 12.4 Å². The Balaban J connectivity index is 1.75. The first-order chi connectivity index (χ1) is 10.1. The molecule has 1 atom stereocenters. The zero-order valence-electron chi connectivity index (χ0n) is 12.7. The number of aromatic nitrogens is 3. The third-order valence-electron chi connectivity index (χ3n) is 3.69. The lowest BCUT2D eigenvalue weighted by Crippen LogP contribution is -2.45. The molecule has 7 nitrogen and oxygen atoms in total. The monoisotopic (exact) mass is 293 g/mol. The van der Waals surface area contributed by atoms with Crippen LogP contribution in [0, 0.1) is 11.8 Å². The van der Waals surface area contributed by atoms with Gasteiger partial charge in [0.15, 0.2) is 0 Å². The van der Waals surface area contributed by atoms with Gasteiger partial charge in [-0.1, -0.05) is 19.1 Å². The van der Waals surface area contributed by atoms with E-state index in [9.17, 15) is 9.59 Å². The zero-order valence-corrected chi connectivity index (χ0v) is 12.7. The molecular weight excluding hydrogens is 270 g/mol. The number of hydrogen-bond donors (Lipinski definition) is 1. The minimum absolute atomic E-state index is 0.0330. The molecule has 2 rings (SSSR count). The first-order valence-corrected chi connectivity index (χ1v) is 7.46. The smallest absolute Gasteiger partial charge is 0.241 e. The molecular formula is C14H23N5O2. The molecule has 1 aliphatic heterocycles. The van der Waals surface area contributed by atoms with Crippen LogP contribution in [0.1, 0.15) is 26.7 Å². The molecule has 21 heavy (non-hydrogen) atoms. The third-order valence-corrected chi connectivity index (χ3v) is 3.69. The van der Waals surface area contributed by atoms with Gasteiger partial charge in [-0.05, 0) is 18.8 Å². The van der Waals surface area contributed by atoms with E-state index in [0.717, 1.165) is 25.9 Å². The topological polar surface area (TPSA) is 80.1 Å². The molecule has 1 aromatic rings. The van der Waals surface area contributed by atoms with Crippen molar-refractivity contribution in [3.8, 4) is 0 Å². The number of carbonyl (C=O) groups excluding carboxylic acids is 2. The van der Waals surface area contributed by atoms with Crippen LogP contribution in [-0.2, 0) is 16.1 Å². The number of nitrogens with one attached hydrogen (secondary N) is 1. The van der Waals surface area contributed by atoms with Gasteiger partial charge in [0.05, 0.1) is 6.20 Å². The molecule has 1 aliphatic rings. The molecule has 0 spiro atoms. The normalized spacial score (nSPS) is 18.8. The number of amides is 2. The molecule has 0 aromatic carbocycles. The highest BCUT2D eigenvalue weighted by atomic mass is 16.2. The maximum absolute atomic E-state index is 12.0. The van der Waals surface area contributed by atoms with E-state index in [1.807, 2.05) is 18.7 Å². The van der Waals surface area contributed by atoms with Crippen LogP contribution in [0.15, 0.2) is 12.4 Å². The van der Waals surface area contributed by atoms with Crippen molar-refractivity contribution in [2.24, 2.45) is 11.8 Å². The lowest BCUT2D eigenvalue weighted by atomic mass is 9.97. The summed E-state index contributed by atoms with van der Waals surface area (Å²) in [5.41, 5.74) is 0. The summed E-state index contributed by atoms with van der Waals surface area (Å²) in [7, 11) is 0. The fourth-order valence-electron chi connectivity index (χ4n) is 2.58. The van der Waals surface area contributed by atoms with E-state index >= 15 is 0 Å². The molecule has 1 unspecified atom stereocenters. The Kier molecular flexibility index (Phi) is 5.30. The second-order valence-electron chi connectivity index (χ2n) is 5.85. The summed E-state index contributed by atoms with van der Waals surface area (Å²) in [6.07, 6.45) is 5.25. The summed E-state index contributed by atoms with van der Waals surface area (Å²) in [6, 6.07) is 0. The summed E-state index contributed by atoms with van der Waals surface area (Å²) < 4.78 is 1.49. The molecule has 7 heteroatoms. The van der Waals surface area contributed by atoms with Gasteiger partial charge in [0.2, 0.25) is 11.8 Å². The Hall–Kier alpha value is -1.92. The van der Waals surface area contributed by atoms with Gasteiger partial charge in [-0.25, -0.2) is 4.68 Å². The lowest BCUT2D eigenvalue weighted by molar-refractivity contribution is -0.136. The Morgan fingerprint density at radius 3 is 2.90 bits per heavy atom. The minimum Gasteiger partial charge on any atom is -0.354 e. The Bertz CT molecular complexity index is 472. The first-order valence-electron chi connectivity index (χ1n) is 7.46. The van der Waals surface area contributed by atoms with Crippen molar-refractivity contribution in [1.82, 2.24) is 25.2 Å². The third kappa shape index (κ3) is 4.54. The molecule has 1 saturated heterocycles. The molecule has 0 radical (unpaired) electrons. The highest BCUT2D eigenvalue weighted by Gasteiger charge is 2.25. The van der Waals surface area contributed by atoms with Crippen LogP contribution in [0.4, 0.5) is 0 Å². The van der Waals surface area contributed by atoms with Crippen LogP contribution in [0.5, 0.6) is 0 Å². The number of piperidine rings is 1. The van der Waals surface area contributed by atoms with E-state index in [0.29, 0.717) is 12.5 Å². The van der Waals surface area contributed by atoms with E-state index in [-0.39, 0.29) is 24.3 Å². The minimum atomic E-state index is -0.0761. The Labute approximate surface area is 124 Å². The molecule has 0 bridgehead atoms. The van der Waals surface area contributed by atoms with Gasteiger partial charge >= 0.3 is 0 Å². The number of rotatable bonds is 5. The zero-order chi connectivity index (χ0) is 15.2. The molecule has 0 saturated carbocycles. The highest BCUT2D eigenvalue weighted by molar-refractivity contribution is 5.78. The first kappa shape index (κ1) is 15.5. The summed E-state index contributed by atoms with van der Waals surface area (Å²) in [5, 5.41) is 10.3. The Morgan fingerprint density at radius 2 is 2.24 bits per heavy atom. The molecule has 2 heterocycles. The average Bonchev–Trinajstić information content (AvgIpc) is 2.97. The van der Waals surface area contributed by atoms with E-state index in [1.165, 1.54) is 4.68 Å². The molecule has 1 fully saturated rings. The predicted octanol–water partition coefficient (Wildman–Crippen LogP) is 0.289. The van der Waals surface area contributed by atoms with Crippen LogP contribution >= 0.6 is 0 Å². The van der Waals surface area contributed by atoms with Gasteiger partial charge in [-0.15, -0.1) is 5.10 Å². The number of carbonyl (C=O) groups is 2. The van der Waals surface area contributed by atoms with Crippen molar-refractivity contribution in [1.29, 1.82) is 0 Å². The molecule has 0 aliphatic carbocycles. The van der Waals surface area contributed by atoms with Crippen molar-refractivity contribution in [2.75, 3.05) is 19.6 Å². The lowest BCUT2D eigenvalue weighted by Gasteiger charge is -2.34. The quantitative estimate of drug-likeness (QED) is 0.846. The second kappa shape index (κ2) is 7.19. The molecule has 2 amide bonds. The largest absolute Gasteiger partial charge is 0.354 e. The standard InChI is InChI=1S/C14H23N5O2/c1-11(2)14(21)18-6-3-4-12(9-18)8-15-13(20)10-19-7-5-16-17-19/h5,7,11-12H,3-4,6,8-10H2,1-2H3,(H,15,20). The van der Waals surface area contributed by atoms with Crippen LogP contribution in [-0.4, -0.2) is 51.3 Å². The Morgan fingerprint density at radius 1 is 1.43 bits per heavy atom. The molecule has 1 N–H and O–H groups in total. The van der Waals surface area contributed by atoms with Crippen LogP contribution in [0.2, 0.25) is 0 Å². The number of nitrogens with zero attached hydrogens (tertiary/aromatic N) is 4. The van der Waals surface area contributed by atoms with E-state index in [1.54, 1.807) is 12.4 Å². The average molecular weight is 293 g/mol. The van der Waals surface area contributed by atoms with Crippen LogP contribution in [0.25, 0.3) is 0 Å². The van der Waals surface area contributed by atoms with E-state index in [4.69, 9.17) is 0 Å². The number of hydrogen-bond acceptors (Lipinski definition) is 4. The van der Waals surface area contributed by atoms with Crippen LogP contribution < -0.4 is 5.32 Å². The molecule has 116 valence electrons. The van der Waals surface area contributed by atoms with Gasteiger partial charge in [0, 0.05) is 31.7 Å². The SMILES string of the molecule is CC(C)C(=O)N1CCCC(CNC(=O)Cn2ccnn2)C1. The van der Waals surface area contributed by atoms with Crippen molar-refractivity contribution < 1.29 is 9.59 Å². The predicted molar refractivity (Wildman–Crippen MR) is 77.2 cm³/mol. The van der Waals surface area contributed by atoms with Gasteiger partial charge in [-0.2, -0.15) is 0 Å². The van der Waals surface area contributed by atoms with Crippen molar-refractivity contribution in [2.45, 2.75) is 33.2 Å². The second-order valence-corrected chi connectivity index (χ2v) is 5.85. The van der Waals surface area contributed by atoms with Crippen molar-refractivity contribution in [3.63, 3.8) is 0 Å². The fourth-order valence-corrected chi connectivity index (χ4v) is 2.58. The van der Waals surface area contributed by atoms with Crippen molar-refractivity contribution >= 4 is 11.8 Å². The van der Waals surface area contributed by atoms with Gasteiger partial charge in [0.1, 0.15) is 6.54 Å². The maximum atomic E-state index is 12.0. The van der Waals surface area contributed by atoms with Gasteiger partial charge in [-0.3, -0.25) is 9.59 Å². The summed E-state index contributed by atoms with van der Waals surface area (Å²) in [5.74, 6) is 0.494. The summed E-state index contributed by atoms with van der Waals surface area (Å²) in [4.78, 5) is 25.7. The van der Waals surface area contributed by atoms with Gasteiger partial charge < -0.3 is 10.2 Å². The summed E-state index contributed by atoms with van der Waals surface area (Å²) in [6.45, 7) is 6.20. The number of likely N-dealkylation sites (tertiary alicyclic amines) is 1. The maximum Gasteiger partial charge on any atom is 0.241 e. The van der Waals surface area contributed by atoms with Gasteiger partial charge in [0.25, 0.3) is 0 Å². The molecule has 1 aromatic heterocycles. The fraction of sp³-hybridized carbons (Fsp3) is 0.714. The van der Waals surface area contributed by atoms with E-state index in [2.05, 4.69) is 15.6 Å². The highest BCUT2D eigenvalue weighted by Crippen LogP contribution is 2.17.